The zero-order chi connectivity index (χ0) is 14.2. The van der Waals surface area contributed by atoms with Crippen LogP contribution in [0.5, 0.6) is 0 Å². The number of aromatic nitrogens is 1. The van der Waals surface area contributed by atoms with Crippen LogP contribution >= 0.6 is 12.2 Å². The Kier molecular flexibility index (Phi) is 3.66. The maximum absolute atomic E-state index is 12.7. The summed E-state index contributed by atoms with van der Waals surface area (Å²) < 4.78 is 38.2. The summed E-state index contributed by atoms with van der Waals surface area (Å²) in [4.78, 5) is 5.63. The number of nitrogens with zero attached hydrogens (tertiary/aromatic N) is 2. The Morgan fingerprint density at radius 1 is 1.47 bits per heavy atom. The lowest BCUT2D eigenvalue weighted by Crippen LogP contribution is -2.30. The molecule has 0 saturated carbocycles. The topological polar surface area (TPSA) is 42.2 Å². The Morgan fingerprint density at radius 3 is 2.63 bits per heavy atom. The molecule has 0 spiro atoms. The van der Waals surface area contributed by atoms with Crippen molar-refractivity contribution in [3.8, 4) is 0 Å². The monoisotopic (exact) mass is 289 g/mol. The molecule has 1 unspecified atom stereocenters. The minimum absolute atomic E-state index is 0.0651. The number of nitrogens with two attached hydrogens (primary N) is 1. The molecule has 0 aromatic carbocycles. The van der Waals surface area contributed by atoms with E-state index in [4.69, 9.17) is 18.0 Å². The van der Waals surface area contributed by atoms with E-state index in [2.05, 4.69) is 4.98 Å². The fourth-order valence-corrected chi connectivity index (χ4v) is 2.42. The molecular weight excluding hydrogens is 275 g/mol. The van der Waals surface area contributed by atoms with Crippen molar-refractivity contribution in [3.05, 3.63) is 23.4 Å². The average Bonchev–Trinajstić information content (AvgIpc) is 2.73. The predicted octanol–water partition coefficient (Wildman–Crippen LogP) is 2.72. The van der Waals surface area contributed by atoms with Gasteiger partial charge in [0.1, 0.15) is 16.5 Å². The summed E-state index contributed by atoms with van der Waals surface area (Å²) in [7, 11) is 0. The van der Waals surface area contributed by atoms with E-state index < -0.39 is 11.9 Å². The molecule has 19 heavy (non-hydrogen) atoms. The van der Waals surface area contributed by atoms with Gasteiger partial charge in [-0.2, -0.15) is 13.2 Å². The van der Waals surface area contributed by atoms with Gasteiger partial charge >= 0.3 is 6.18 Å². The Labute approximate surface area is 114 Å². The quantitative estimate of drug-likeness (QED) is 0.850. The summed E-state index contributed by atoms with van der Waals surface area (Å²) in [6, 6.07) is 2.36. The summed E-state index contributed by atoms with van der Waals surface area (Å²) in [5.41, 5.74) is 5.05. The third kappa shape index (κ3) is 2.80. The molecule has 1 aliphatic heterocycles. The van der Waals surface area contributed by atoms with Crippen molar-refractivity contribution < 1.29 is 13.2 Å². The van der Waals surface area contributed by atoms with E-state index in [1.54, 1.807) is 0 Å². The normalized spacial score (nSPS) is 19.8. The highest BCUT2D eigenvalue weighted by Gasteiger charge is 2.34. The van der Waals surface area contributed by atoms with Gasteiger partial charge in [0, 0.05) is 12.6 Å². The molecule has 0 aliphatic carbocycles. The maximum Gasteiger partial charge on any atom is 0.433 e. The van der Waals surface area contributed by atoms with Crippen molar-refractivity contribution in [2.75, 3.05) is 11.4 Å². The highest BCUT2D eigenvalue weighted by Crippen LogP contribution is 2.33. The molecule has 2 heterocycles. The summed E-state index contributed by atoms with van der Waals surface area (Å²) in [6.07, 6.45) is -2.61. The van der Waals surface area contributed by atoms with Crippen molar-refractivity contribution in [2.24, 2.45) is 5.73 Å². The number of halogens is 3. The van der Waals surface area contributed by atoms with Crippen LogP contribution < -0.4 is 10.6 Å². The summed E-state index contributed by atoms with van der Waals surface area (Å²) in [5.74, 6) is 0.243. The van der Waals surface area contributed by atoms with Crippen LogP contribution in [0.15, 0.2) is 12.1 Å². The Morgan fingerprint density at radius 2 is 2.16 bits per heavy atom. The van der Waals surface area contributed by atoms with Crippen molar-refractivity contribution >= 4 is 23.0 Å². The summed E-state index contributed by atoms with van der Waals surface area (Å²) >= 11 is 4.89. The molecule has 1 atom stereocenters. The number of hydrogen-bond donors (Lipinski definition) is 1. The Hall–Kier alpha value is -1.37. The molecule has 3 nitrogen and oxygen atoms in total. The van der Waals surface area contributed by atoms with E-state index in [9.17, 15) is 13.2 Å². The van der Waals surface area contributed by atoms with Gasteiger partial charge in [-0.3, -0.25) is 0 Å². The highest BCUT2D eigenvalue weighted by atomic mass is 32.1. The lowest BCUT2D eigenvalue weighted by atomic mass is 10.2. The van der Waals surface area contributed by atoms with E-state index in [1.165, 1.54) is 6.07 Å². The van der Waals surface area contributed by atoms with Gasteiger partial charge < -0.3 is 10.6 Å². The van der Waals surface area contributed by atoms with Crippen molar-refractivity contribution in [1.82, 2.24) is 4.98 Å². The first-order chi connectivity index (χ1) is 8.80. The SMILES string of the molecule is CC1CCCN1c1nc(C(F)(F)F)ccc1C(N)=S. The maximum atomic E-state index is 12.7. The van der Waals surface area contributed by atoms with Gasteiger partial charge in [0.2, 0.25) is 0 Å². The summed E-state index contributed by atoms with van der Waals surface area (Å²) in [6.45, 7) is 2.63. The first-order valence-corrected chi connectivity index (χ1v) is 6.36. The van der Waals surface area contributed by atoms with Crippen LogP contribution in [0.3, 0.4) is 0 Å². The molecule has 0 bridgehead atoms. The van der Waals surface area contributed by atoms with E-state index in [0.29, 0.717) is 12.1 Å². The third-order valence-electron chi connectivity index (χ3n) is 3.26. The first-order valence-electron chi connectivity index (χ1n) is 5.95. The van der Waals surface area contributed by atoms with Gasteiger partial charge in [0.05, 0.1) is 5.56 Å². The van der Waals surface area contributed by atoms with Crippen LogP contribution in [0.2, 0.25) is 0 Å². The number of pyridine rings is 1. The lowest BCUT2D eigenvalue weighted by molar-refractivity contribution is -0.141. The van der Waals surface area contributed by atoms with Crippen LogP contribution in [-0.4, -0.2) is 22.6 Å². The summed E-state index contributed by atoms with van der Waals surface area (Å²) in [5, 5.41) is 0. The largest absolute Gasteiger partial charge is 0.433 e. The number of hydrogen-bond acceptors (Lipinski definition) is 3. The fraction of sp³-hybridized carbons (Fsp3) is 0.500. The molecular formula is C12H14F3N3S. The molecule has 7 heteroatoms. The third-order valence-corrected chi connectivity index (χ3v) is 3.48. The second-order valence-electron chi connectivity index (χ2n) is 4.61. The average molecular weight is 289 g/mol. The predicted molar refractivity (Wildman–Crippen MR) is 71.2 cm³/mol. The Bertz CT molecular complexity index is 501. The molecule has 2 N–H and O–H groups in total. The van der Waals surface area contributed by atoms with Crippen LogP contribution in [-0.2, 0) is 6.18 Å². The number of thiocarbonyl (C=S) groups is 1. The molecule has 1 fully saturated rings. The van der Waals surface area contributed by atoms with Gasteiger partial charge in [0.15, 0.2) is 0 Å². The molecule has 1 aromatic rings. The minimum Gasteiger partial charge on any atom is -0.389 e. The van der Waals surface area contributed by atoms with Crippen LogP contribution in [0, 0.1) is 0 Å². The standard InChI is InChI=1S/C12H14F3N3S/c1-7-3-2-6-18(7)11-8(10(16)19)4-5-9(17-11)12(13,14)15/h4-5,7H,2-3,6H2,1H3,(H2,16,19). The zero-order valence-corrected chi connectivity index (χ0v) is 11.2. The van der Waals surface area contributed by atoms with Gasteiger partial charge in [-0.15, -0.1) is 0 Å². The smallest absolute Gasteiger partial charge is 0.389 e. The molecule has 104 valence electrons. The van der Waals surface area contributed by atoms with Crippen molar-refractivity contribution in [3.63, 3.8) is 0 Å². The van der Waals surface area contributed by atoms with E-state index in [1.807, 2.05) is 11.8 Å². The van der Waals surface area contributed by atoms with Crippen molar-refractivity contribution in [1.29, 1.82) is 0 Å². The first kappa shape index (κ1) is 14.0. The zero-order valence-electron chi connectivity index (χ0n) is 10.4. The molecule has 1 saturated heterocycles. The fourth-order valence-electron chi connectivity index (χ4n) is 2.27. The lowest BCUT2D eigenvalue weighted by Gasteiger charge is -2.25. The molecule has 2 rings (SSSR count). The van der Waals surface area contributed by atoms with Crippen molar-refractivity contribution in [2.45, 2.75) is 32.0 Å². The second kappa shape index (κ2) is 4.96. The van der Waals surface area contributed by atoms with Gasteiger partial charge in [-0.25, -0.2) is 4.98 Å². The minimum atomic E-state index is -4.47. The Balaban J connectivity index is 2.51. The number of anilines is 1. The van der Waals surface area contributed by atoms with Crippen LogP contribution in [0.1, 0.15) is 31.0 Å². The van der Waals surface area contributed by atoms with Gasteiger partial charge in [-0.05, 0) is 31.9 Å². The molecule has 1 aliphatic rings. The molecule has 0 amide bonds. The van der Waals surface area contributed by atoms with Gasteiger partial charge in [0.25, 0.3) is 0 Å². The van der Waals surface area contributed by atoms with Crippen LogP contribution in [0.25, 0.3) is 0 Å². The number of alkyl halides is 3. The van der Waals surface area contributed by atoms with E-state index in [-0.39, 0.29) is 16.8 Å². The highest BCUT2D eigenvalue weighted by molar-refractivity contribution is 7.80. The number of rotatable bonds is 2. The second-order valence-corrected chi connectivity index (χ2v) is 5.05. The molecule has 0 radical (unpaired) electrons. The van der Waals surface area contributed by atoms with E-state index in [0.717, 1.165) is 18.9 Å². The van der Waals surface area contributed by atoms with Crippen LogP contribution in [0.4, 0.5) is 19.0 Å². The van der Waals surface area contributed by atoms with Gasteiger partial charge in [-0.1, -0.05) is 12.2 Å². The molecule has 1 aromatic heterocycles. The van der Waals surface area contributed by atoms with E-state index >= 15 is 0 Å².